The summed E-state index contributed by atoms with van der Waals surface area (Å²) in [5.41, 5.74) is 2.43. The topological polar surface area (TPSA) is 28.2 Å². The van der Waals surface area contributed by atoms with E-state index in [1.807, 2.05) is 12.3 Å². The van der Waals surface area contributed by atoms with E-state index in [1.54, 1.807) is 0 Å². The summed E-state index contributed by atoms with van der Waals surface area (Å²) in [7, 11) is 2.24. The Hall–Kier alpha value is -0.970. The first-order valence-corrected chi connectivity index (χ1v) is 8.48. The second-order valence-corrected chi connectivity index (χ2v) is 6.71. The van der Waals surface area contributed by atoms with Crippen LogP contribution < -0.4 is 5.32 Å². The van der Waals surface area contributed by atoms with Crippen molar-refractivity contribution in [2.75, 3.05) is 20.1 Å². The minimum absolute atomic E-state index is 0.669. The van der Waals surface area contributed by atoms with Gasteiger partial charge in [-0.05, 0) is 57.1 Å². The molecule has 1 aromatic heterocycles. The molecule has 1 unspecified atom stereocenters. The van der Waals surface area contributed by atoms with Crippen LogP contribution in [0.25, 0.3) is 10.9 Å². The normalized spacial score (nSPS) is 19.9. The Morgan fingerprint density at radius 1 is 1.29 bits per heavy atom. The lowest BCUT2D eigenvalue weighted by atomic mass is 10.1. The molecule has 1 fully saturated rings. The Bertz CT molecular complexity index is 606. The van der Waals surface area contributed by atoms with Gasteiger partial charge in [-0.15, -0.1) is 0 Å². The fourth-order valence-corrected chi connectivity index (χ4v) is 3.62. The van der Waals surface area contributed by atoms with Crippen LogP contribution in [0.5, 0.6) is 0 Å². The zero-order valence-corrected chi connectivity index (χ0v) is 14.1. The van der Waals surface area contributed by atoms with Gasteiger partial charge in [0, 0.05) is 28.6 Å². The highest BCUT2D eigenvalue weighted by molar-refractivity contribution is 9.10. The fraction of sp³-hybridized carbons (Fsp3) is 0.471. The van der Waals surface area contributed by atoms with E-state index in [2.05, 4.69) is 56.4 Å². The Kier molecular flexibility index (Phi) is 4.88. The highest BCUT2D eigenvalue weighted by atomic mass is 79.9. The van der Waals surface area contributed by atoms with Crippen molar-refractivity contribution in [3.8, 4) is 0 Å². The number of aromatic nitrogens is 1. The SMILES string of the molecule is CN(Cc1ccc(Br)c2cccnc12)C1CCCNCC1. The number of halogens is 1. The van der Waals surface area contributed by atoms with Gasteiger partial charge >= 0.3 is 0 Å². The Morgan fingerprint density at radius 3 is 3.10 bits per heavy atom. The van der Waals surface area contributed by atoms with Crippen molar-refractivity contribution in [2.45, 2.75) is 31.8 Å². The second-order valence-electron chi connectivity index (χ2n) is 5.86. The molecule has 0 bridgehead atoms. The number of pyridine rings is 1. The van der Waals surface area contributed by atoms with Gasteiger partial charge in [-0.25, -0.2) is 0 Å². The van der Waals surface area contributed by atoms with Crippen LogP contribution in [-0.4, -0.2) is 36.1 Å². The van der Waals surface area contributed by atoms with E-state index in [9.17, 15) is 0 Å². The fourth-order valence-electron chi connectivity index (χ4n) is 3.16. The summed E-state index contributed by atoms with van der Waals surface area (Å²) in [6.07, 6.45) is 5.67. The summed E-state index contributed by atoms with van der Waals surface area (Å²) in [5, 5.41) is 4.69. The van der Waals surface area contributed by atoms with Gasteiger partial charge < -0.3 is 5.32 Å². The molecule has 1 aromatic carbocycles. The third-order valence-electron chi connectivity index (χ3n) is 4.39. The van der Waals surface area contributed by atoms with Crippen molar-refractivity contribution in [2.24, 2.45) is 0 Å². The van der Waals surface area contributed by atoms with Gasteiger partial charge in [0.2, 0.25) is 0 Å². The molecule has 4 heteroatoms. The van der Waals surface area contributed by atoms with Gasteiger partial charge in [-0.1, -0.05) is 28.1 Å². The number of fused-ring (bicyclic) bond motifs is 1. The van der Waals surface area contributed by atoms with Crippen molar-refractivity contribution in [3.63, 3.8) is 0 Å². The summed E-state index contributed by atoms with van der Waals surface area (Å²) < 4.78 is 1.12. The lowest BCUT2D eigenvalue weighted by Gasteiger charge is -2.27. The molecule has 0 radical (unpaired) electrons. The maximum absolute atomic E-state index is 4.59. The standard InChI is InChI=1S/C17H22BrN3/c1-21(14-4-2-9-19-11-8-14)12-13-6-7-16(18)15-5-3-10-20-17(13)15/h3,5-7,10,14,19H,2,4,8-9,11-12H2,1H3. The van der Waals surface area contributed by atoms with Crippen molar-refractivity contribution in [1.82, 2.24) is 15.2 Å². The maximum atomic E-state index is 4.59. The number of nitrogens with zero attached hydrogens (tertiary/aromatic N) is 2. The molecule has 0 aliphatic carbocycles. The van der Waals surface area contributed by atoms with E-state index >= 15 is 0 Å². The quantitative estimate of drug-likeness (QED) is 0.919. The van der Waals surface area contributed by atoms with Crippen molar-refractivity contribution < 1.29 is 0 Å². The predicted molar refractivity (Wildman–Crippen MR) is 91.4 cm³/mol. The Morgan fingerprint density at radius 2 is 2.19 bits per heavy atom. The molecule has 2 aromatic rings. The third kappa shape index (κ3) is 3.44. The number of rotatable bonds is 3. The zero-order chi connectivity index (χ0) is 14.7. The van der Waals surface area contributed by atoms with Crippen molar-refractivity contribution in [1.29, 1.82) is 0 Å². The summed E-state index contributed by atoms with van der Waals surface area (Å²) in [6, 6.07) is 9.14. The average Bonchev–Trinajstić information content (AvgIpc) is 2.79. The molecule has 0 amide bonds. The minimum atomic E-state index is 0.669. The van der Waals surface area contributed by atoms with Gasteiger partial charge in [-0.3, -0.25) is 9.88 Å². The highest BCUT2D eigenvalue weighted by Gasteiger charge is 2.18. The van der Waals surface area contributed by atoms with E-state index in [1.165, 1.54) is 30.2 Å². The molecule has 1 aliphatic rings. The first-order valence-electron chi connectivity index (χ1n) is 7.69. The van der Waals surface area contributed by atoms with Gasteiger partial charge in [0.15, 0.2) is 0 Å². The van der Waals surface area contributed by atoms with E-state index < -0.39 is 0 Å². The molecule has 0 saturated carbocycles. The number of nitrogens with one attached hydrogen (secondary N) is 1. The maximum Gasteiger partial charge on any atom is 0.0758 e. The molecule has 3 nitrogen and oxygen atoms in total. The van der Waals surface area contributed by atoms with Crippen LogP contribution >= 0.6 is 15.9 Å². The van der Waals surface area contributed by atoms with Crippen LogP contribution in [0.3, 0.4) is 0 Å². The third-order valence-corrected chi connectivity index (χ3v) is 5.08. The summed E-state index contributed by atoms with van der Waals surface area (Å²) in [4.78, 5) is 7.08. The molecule has 1 atom stereocenters. The van der Waals surface area contributed by atoms with Crippen LogP contribution in [0.15, 0.2) is 34.9 Å². The molecule has 1 aliphatic heterocycles. The van der Waals surface area contributed by atoms with E-state index in [4.69, 9.17) is 0 Å². The smallest absolute Gasteiger partial charge is 0.0758 e. The molecule has 112 valence electrons. The van der Waals surface area contributed by atoms with Crippen LogP contribution in [0.2, 0.25) is 0 Å². The first-order chi connectivity index (χ1) is 10.3. The van der Waals surface area contributed by atoms with E-state index in [0.29, 0.717) is 6.04 Å². The molecular weight excluding hydrogens is 326 g/mol. The van der Waals surface area contributed by atoms with Crippen molar-refractivity contribution in [3.05, 3.63) is 40.5 Å². The Balaban J connectivity index is 1.82. The summed E-state index contributed by atoms with van der Waals surface area (Å²) in [5.74, 6) is 0. The minimum Gasteiger partial charge on any atom is -0.317 e. The molecule has 0 spiro atoms. The monoisotopic (exact) mass is 347 g/mol. The number of benzene rings is 1. The highest BCUT2D eigenvalue weighted by Crippen LogP contribution is 2.26. The van der Waals surface area contributed by atoms with Crippen LogP contribution in [-0.2, 0) is 6.54 Å². The van der Waals surface area contributed by atoms with Crippen LogP contribution in [0.4, 0.5) is 0 Å². The molecule has 3 rings (SSSR count). The molecule has 2 heterocycles. The van der Waals surface area contributed by atoms with E-state index in [0.717, 1.165) is 29.6 Å². The lowest BCUT2D eigenvalue weighted by molar-refractivity contribution is 0.217. The zero-order valence-electron chi connectivity index (χ0n) is 12.5. The second kappa shape index (κ2) is 6.86. The lowest BCUT2D eigenvalue weighted by Crippen LogP contribution is -2.32. The molecule has 1 saturated heterocycles. The predicted octanol–water partition coefficient (Wildman–Crippen LogP) is 3.57. The number of hydrogen-bond acceptors (Lipinski definition) is 3. The van der Waals surface area contributed by atoms with Crippen LogP contribution in [0, 0.1) is 0 Å². The van der Waals surface area contributed by atoms with Crippen molar-refractivity contribution >= 4 is 26.8 Å². The molecule has 1 N–H and O–H groups in total. The molecular formula is C17H22BrN3. The molecule has 21 heavy (non-hydrogen) atoms. The largest absolute Gasteiger partial charge is 0.317 e. The van der Waals surface area contributed by atoms with Gasteiger partial charge in [0.25, 0.3) is 0 Å². The number of hydrogen-bond donors (Lipinski definition) is 1. The summed E-state index contributed by atoms with van der Waals surface area (Å²) >= 11 is 3.62. The van der Waals surface area contributed by atoms with Gasteiger partial charge in [0.1, 0.15) is 0 Å². The van der Waals surface area contributed by atoms with E-state index in [-0.39, 0.29) is 0 Å². The average molecular weight is 348 g/mol. The van der Waals surface area contributed by atoms with Gasteiger partial charge in [-0.2, -0.15) is 0 Å². The summed E-state index contributed by atoms with van der Waals surface area (Å²) in [6.45, 7) is 3.26. The van der Waals surface area contributed by atoms with Gasteiger partial charge in [0.05, 0.1) is 5.52 Å². The first kappa shape index (κ1) is 14.9. The van der Waals surface area contributed by atoms with Crippen LogP contribution in [0.1, 0.15) is 24.8 Å². The Labute approximate surface area is 134 Å².